The maximum absolute atomic E-state index is 11.9. The number of nitrogens with zero attached hydrogens (tertiary/aromatic N) is 1. The number of rotatable bonds is 5. The highest BCUT2D eigenvalue weighted by Gasteiger charge is 2.30. The average Bonchev–Trinajstić information content (AvgIpc) is 2.74. The summed E-state index contributed by atoms with van der Waals surface area (Å²) in [6.07, 6.45) is 0.667. The van der Waals surface area contributed by atoms with E-state index in [1.807, 2.05) is 6.92 Å². The molecule has 120 valence electrons. The van der Waals surface area contributed by atoms with Gasteiger partial charge in [0, 0.05) is 29.0 Å². The molecule has 4 nitrogen and oxygen atoms in total. The topological polar surface area (TPSA) is 63.4 Å². The van der Waals surface area contributed by atoms with Crippen LogP contribution in [0.2, 0.25) is 0 Å². The summed E-state index contributed by atoms with van der Waals surface area (Å²) < 4.78 is -0.0895. The van der Waals surface area contributed by atoms with Crippen molar-refractivity contribution in [2.75, 3.05) is 6.54 Å². The van der Waals surface area contributed by atoms with Gasteiger partial charge in [-0.25, -0.2) is 0 Å². The molecule has 0 spiro atoms. The van der Waals surface area contributed by atoms with E-state index in [1.54, 1.807) is 11.8 Å². The Kier molecular flexibility index (Phi) is 4.97. The van der Waals surface area contributed by atoms with Crippen LogP contribution in [0.1, 0.15) is 43.4 Å². The second kappa shape index (κ2) is 6.42. The van der Waals surface area contributed by atoms with Gasteiger partial charge < -0.3 is 5.73 Å². The molecule has 1 aliphatic heterocycles. The molecule has 0 saturated carbocycles. The molecule has 22 heavy (non-hydrogen) atoms. The molecule has 0 radical (unpaired) electrons. The molecular weight excluding hydrogens is 296 g/mol. The molecule has 2 amide bonds. The number of carbonyl (C=O) groups is 2. The van der Waals surface area contributed by atoms with Gasteiger partial charge in [0.1, 0.15) is 0 Å². The van der Waals surface area contributed by atoms with Crippen LogP contribution >= 0.6 is 11.8 Å². The van der Waals surface area contributed by atoms with Crippen molar-refractivity contribution in [2.24, 2.45) is 5.73 Å². The third-order valence-electron chi connectivity index (χ3n) is 3.85. The minimum Gasteiger partial charge on any atom is -0.329 e. The van der Waals surface area contributed by atoms with Crippen molar-refractivity contribution in [1.29, 1.82) is 0 Å². The fourth-order valence-corrected chi connectivity index (χ4v) is 3.70. The van der Waals surface area contributed by atoms with Crippen molar-refractivity contribution in [3.05, 3.63) is 28.8 Å². The molecule has 1 aliphatic rings. The number of imide groups is 1. The van der Waals surface area contributed by atoms with Gasteiger partial charge in [0.25, 0.3) is 0 Å². The van der Waals surface area contributed by atoms with E-state index in [9.17, 15) is 9.59 Å². The zero-order chi connectivity index (χ0) is 16.5. The minimum absolute atomic E-state index is 0.0711. The molecule has 1 aromatic rings. The van der Waals surface area contributed by atoms with E-state index >= 15 is 0 Å². The van der Waals surface area contributed by atoms with Gasteiger partial charge in [0.2, 0.25) is 11.8 Å². The number of thioether (sulfide) groups is 1. The zero-order valence-corrected chi connectivity index (χ0v) is 14.5. The molecule has 1 fully saturated rings. The van der Waals surface area contributed by atoms with Crippen LogP contribution in [0.5, 0.6) is 0 Å². The van der Waals surface area contributed by atoms with Crippen molar-refractivity contribution >= 4 is 23.6 Å². The van der Waals surface area contributed by atoms with Gasteiger partial charge in [-0.1, -0.05) is 17.7 Å². The number of hydrogen-bond acceptors (Lipinski definition) is 4. The first-order valence-corrected chi connectivity index (χ1v) is 8.37. The van der Waals surface area contributed by atoms with E-state index in [0.717, 1.165) is 16.0 Å². The third kappa shape index (κ3) is 3.70. The second-order valence-electron chi connectivity index (χ2n) is 6.51. The van der Waals surface area contributed by atoms with E-state index < -0.39 is 0 Å². The van der Waals surface area contributed by atoms with Gasteiger partial charge in [-0.15, -0.1) is 11.8 Å². The smallest absolute Gasteiger partial charge is 0.229 e. The SMILES string of the molecule is Cc1cc(C)c(SC(C)(C)CN)c(CN2C(=O)CCC2=O)c1. The molecular formula is C17H24N2O2S. The lowest BCUT2D eigenvalue weighted by molar-refractivity contribution is -0.139. The molecule has 1 saturated heterocycles. The number of carbonyl (C=O) groups excluding carboxylic acids is 2. The molecule has 0 unspecified atom stereocenters. The largest absolute Gasteiger partial charge is 0.329 e. The van der Waals surface area contributed by atoms with E-state index in [2.05, 4.69) is 32.9 Å². The van der Waals surface area contributed by atoms with E-state index in [0.29, 0.717) is 25.9 Å². The number of benzene rings is 1. The molecule has 1 aromatic carbocycles. The summed E-state index contributed by atoms with van der Waals surface area (Å²) in [6.45, 7) is 9.24. The van der Waals surface area contributed by atoms with Crippen LogP contribution in [0.3, 0.4) is 0 Å². The quantitative estimate of drug-likeness (QED) is 0.669. The monoisotopic (exact) mass is 320 g/mol. The lowest BCUT2D eigenvalue weighted by Gasteiger charge is -2.26. The van der Waals surface area contributed by atoms with Gasteiger partial charge >= 0.3 is 0 Å². The van der Waals surface area contributed by atoms with Crippen molar-refractivity contribution in [3.63, 3.8) is 0 Å². The summed E-state index contributed by atoms with van der Waals surface area (Å²) in [5.74, 6) is -0.142. The molecule has 2 N–H and O–H groups in total. The van der Waals surface area contributed by atoms with Crippen LogP contribution in [0.15, 0.2) is 17.0 Å². The van der Waals surface area contributed by atoms with Crippen LogP contribution in [-0.2, 0) is 16.1 Å². The highest BCUT2D eigenvalue weighted by molar-refractivity contribution is 8.00. The predicted molar refractivity (Wildman–Crippen MR) is 89.7 cm³/mol. The first kappa shape index (κ1) is 17.0. The number of likely N-dealkylation sites (tertiary alicyclic amines) is 1. The van der Waals surface area contributed by atoms with Crippen LogP contribution in [0.4, 0.5) is 0 Å². The lowest BCUT2D eigenvalue weighted by Crippen LogP contribution is -2.30. The zero-order valence-electron chi connectivity index (χ0n) is 13.7. The van der Waals surface area contributed by atoms with Gasteiger partial charge in [0.05, 0.1) is 6.54 Å². The Hall–Kier alpha value is -1.33. The predicted octanol–water partition coefficient (Wildman–Crippen LogP) is 2.78. The molecule has 1 heterocycles. The van der Waals surface area contributed by atoms with Gasteiger partial charge in [-0.2, -0.15) is 0 Å². The second-order valence-corrected chi connectivity index (χ2v) is 8.23. The Bertz CT molecular complexity index is 595. The summed E-state index contributed by atoms with van der Waals surface area (Å²) in [6, 6.07) is 4.20. The first-order chi connectivity index (χ1) is 10.2. The van der Waals surface area contributed by atoms with Gasteiger partial charge in [-0.05, 0) is 38.8 Å². The minimum atomic E-state index is -0.0895. The molecule has 5 heteroatoms. The Morgan fingerprint density at radius 1 is 1.18 bits per heavy atom. The number of nitrogens with two attached hydrogens (primary N) is 1. The molecule has 0 aliphatic carbocycles. The highest BCUT2D eigenvalue weighted by Crippen LogP contribution is 2.37. The lowest BCUT2D eigenvalue weighted by atomic mass is 10.1. The van der Waals surface area contributed by atoms with Crippen LogP contribution < -0.4 is 5.73 Å². The summed E-state index contributed by atoms with van der Waals surface area (Å²) in [5.41, 5.74) is 9.19. The number of hydrogen-bond donors (Lipinski definition) is 1. The van der Waals surface area contributed by atoms with E-state index in [1.165, 1.54) is 10.5 Å². The van der Waals surface area contributed by atoms with Crippen molar-refractivity contribution in [3.8, 4) is 0 Å². The van der Waals surface area contributed by atoms with Crippen molar-refractivity contribution in [2.45, 2.75) is 56.7 Å². The number of amides is 2. The van der Waals surface area contributed by atoms with E-state index in [-0.39, 0.29) is 16.6 Å². The van der Waals surface area contributed by atoms with Crippen LogP contribution in [-0.4, -0.2) is 28.0 Å². The van der Waals surface area contributed by atoms with E-state index in [4.69, 9.17) is 5.73 Å². The average molecular weight is 320 g/mol. The fourth-order valence-electron chi connectivity index (χ4n) is 2.59. The normalized spacial score (nSPS) is 15.8. The van der Waals surface area contributed by atoms with Gasteiger partial charge in [0.15, 0.2) is 0 Å². The maximum Gasteiger partial charge on any atom is 0.229 e. The fraction of sp³-hybridized carbons (Fsp3) is 0.529. The third-order valence-corrected chi connectivity index (χ3v) is 5.36. The maximum atomic E-state index is 11.9. The Morgan fingerprint density at radius 3 is 2.32 bits per heavy atom. The Morgan fingerprint density at radius 2 is 1.77 bits per heavy atom. The van der Waals surface area contributed by atoms with Crippen LogP contribution in [0.25, 0.3) is 0 Å². The van der Waals surface area contributed by atoms with Crippen LogP contribution in [0, 0.1) is 13.8 Å². The molecule has 0 atom stereocenters. The standard InChI is InChI=1S/C17H24N2O2S/c1-11-7-12(2)16(22-17(3,4)10-18)13(8-11)9-19-14(20)5-6-15(19)21/h7-8H,5-6,9-10,18H2,1-4H3. The molecule has 0 aromatic heterocycles. The summed E-state index contributed by atoms with van der Waals surface area (Å²) in [4.78, 5) is 26.3. The molecule has 0 bridgehead atoms. The Balaban J connectivity index is 2.37. The van der Waals surface area contributed by atoms with Crippen molar-refractivity contribution < 1.29 is 9.59 Å². The molecule has 2 rings (SSSR count). The highest BCUT2D eigenvalue weighted by atomic mass is 32.2. The summed E-state index contributed by atoms with van der Waals surface area (Å²) in [5, 5.41) is 0. The summed E-state index contributed by atoms with van der Waals surface area (Å²) in [7, 11) is 0. The Labute approximate surface area is 136 Å². The van der Waals surface area contributed by atoms with Gasteiger partial charge in [-0.3, -0.25) is 14.5 Å². The first-order valence-electron chi connectivity index (χ1n) is 7.56. The number of aryl methyl sites for hydroxylation is 2. The summed E-state index contributed by atoms with van der Waals surface area (Å²) >= 11 is 1.72. The van der Waals surface area contributed by atoms with Crippen molar-refractivity contribution in [1.82, 2.24) is 4.90 Å².